The fraction of sp³-hybridized carbons (Fsp3) is 0. The third-order valence-corrected chi connectivity index (χ3v) is 2.68. The van der Waals surface area contributed by atoms with E-state index >= 15 is 0 Å². The van der Waals surface area contributed by atoms with Crippen molar-refractivity contribution in [3.05, 3.63) is 54.1 Å². The summed E-state index contributed by atoms with van der Waals surface area (Å²) in [4.78, 5) is 8.36. The first-order valence-corrected chi connectivity index (χ1v) is 5.25. The number of aromatic nitrogens is 3. The van der Waals surface area contributed by atoms with Gasteiger partial charge in [0.1, 0.15) is 0 Å². The van der Waals surface area contributed by atoms with Crippen LogP contribution in [0.2, 0.25) is 5.02 Å². The van der Waals surface area contributed by atoms with Crippen molar-refractivity contribution in [2.45, 2.75) is 0 Å². The van der Waals surface area contributed by atoms with Gasteiger partial charge in [0, 0.05) is 35.4 Å². The summed E-state index contributed by atoms with van der Waals surface area (Å²) in [5.41, 5.74) is 2.13. The summed E-state index contributed by atoms with van der Waals surface area (Å²) in [5.74, 6) is 0.706. The third kappa shape index (κ3) is 1.55. The van der Waals surface area contributed by atoms with Crippen molar-refractivity contribution < 1.29 is 0 Å². The second-order valence-electron chi connectivity index (χ2n) is 3.48. The molecule has 0 fully saturated rings. The topological polar surface area (TPSA) is 30.2 Å². The molecule has 2 aromatic heterocycles. The SMILES string of the molecule is Clc1ccc(-c2cnc3nccn3c2)cc1. The van der Waals surface area contributed by atoms with E-state index in [1.165, 1.54) is 0 Å². The second-order valence-corrected chi connectivity index (χ2v) is 3.92. The fourth-order valence-electron chi connectivity index (χ4n) is 1.61. The number of nitrogens with zero attached hydrogens (tertiary/aromatic N) is 3. The van der Waals surface area contributed by atoms with Crippen LogP contribution in [-0.2, 0) is 0 Å². The molecule has 0 amide bonds. The van der Waals surface area contributed by atoms with E-state index in [4.69, 9.17) is 11.6 Å². The first kappa shape index (κ1) is 9.36. The molecule has 0 aliphatic rings. The Kier molecular flexibility index (Phi) is 2.11. The smallest absolute Gasteiger partial charge is 0.233 e. The molecule has 16 heavy (non-hydrogen) atoms. The molecule has 2 heterocycles. The summed E-state index contributed by atoms with van der Waals surface area (Å²) in [6, 6.07) is 7.69. The Morgan fingerprint density at radius 3 is 2.62 bits per heavy atom. The Morgan fingerprint density at radius 2 is 1.81 bits per heavy atom. The van der Waals surface area contributed by atoms with Crippen LogP contribution >= 0.6 is 11.6 Å². The number of imidazole rings is 1. The van der Waals surface area contributed by atoms with Gasteiger partial charge in [0.25, 0.3) is 0 Å². The van der Waals surface area contributed by atoms with E-state index in [2.05, 4.69) is 9.97 Å². The Labute approximate surface area is 97.3 Å². The number of fused-ring (bicyclic) bond motifs is 1. The molecule has 0 N–H and O–H groups in total. The van der Waals surface area contributed by atoms with Crippen molar-refractivity contribution in [3.63, 3.8) is 0 Å². The molecule has 0 saturated heterocycles. The van der Waals surface area contributed by atoms with Crippen molar-refractivity contribution in [1.82, 2.24) is 14.4 Å². The summed E-state index contributed by atoms with van der Waals surface area (Å²) in [5, 5.41) is 0.736. The highest BCUT2D eigenvalue weighted by molar-refractivity contribution is 6.30. The van der Waals surface area contributed by atoms with Gasteiger partial charge in [0.15, 0.2) is 0 Å². The number of halogens is 1. The van der Waals surface area contributed by atoms with E-state index in [1.807, 2.05) is 47.3 Å². The van der Waals surface area contributed by atoms with Crippen LogP contribution in [0.5, 0.6) is 0 Å². The normalized spacial score (nSPS) is 10.8. The van der Waals surface area contributed by atoms with E-state index in [0.29, 0.717) is 5.78 Å². The molecule has 0 unspecified atom stereocenters. The van der Waals surface area contributed by atoms with Gasteiger partial charge in [-0.2, -0.15) is 0 Å². The van der Waals surface area contributed by atoms with Crippen LogP contribution in [0.15, 0.2) is 49.1 Å². The highest BCUT2D eigenvalue weighted by Gasteiger charge is 2.00. The quantitative estimate of drug-likeness (QED) is 0.642. The lowest BCUT2D eigenvalue weighted by molar-refractivity contribution is 1.11. The molecule has 78 valence electrons. The van der Waals surface area contributed by atoms with Crippen LogP contribution in [0, 0.1) is 0 Å². The Hall–Kier alpha value is -1.87. The van der Waals surface area contributed by atoms with Crippen LogP contribution in [0.1, 0.15) is 0 Å². The van der Waals surface area contributed by atoms with Crippen molar-refractivity contribution >= 4 is 17.4 Å². The van der Waals surface area contributed by atoms with Crippen LogP contribution in [0.4, 0.5) is 0 Å². The molecule has 3 rings (SSSR count). The molecule has 0 bridgehead atoms. The molecule has 3 aromatic rings. The van der Waals surface area contributed by atoms with Crippen LogP contribution in [0.3, 0.4) is 0 Å². The lowest BCUT2D eigenvalue weighted by Gasteiger charge is -2.01. The predicted molar refractivity (Wildman–Crippen MR) is 63.4 cm³/mol. The second kappa shape index (κ2) is 3.61. The Bertz CT molecular complexity index is 628. The minimum absolute atomic E-state index is 0.706. The fourth-order valence-corrected chi connectivity index (χ4v) is 1.73. The third-order valence-electron chi connectivity index (χ3n) is 2.42. The van der Waals surface area contributed by atoms with Crippen molar-refractivity contribution in [2.24, 2.45) is 0 Å². The van der Waals surface area contributed by atoms with Gasteiger partial charge in [-0.3, -0.25) is 4.40 Å². The molecule has 0 aliphatic heterocycles. The Morgan fingerprint density at radius 1 is 1.00 bits per heavy atom. The van der Waals surface area contributed by atoms with Crippen LogP contribution in [-0.4, -0.2) is 14.4 Å². The summed E-state index contributed by atoms with van der Waals surface area (Å²) < 4.78 is 1.89. The molecular formula is C12H8ClN3. The van der Waals surface area contributed by atoms with E-state index < -0.39 is 0 Å². The maximum absolute atomic E-state index is 5.85. The average molecular weight is 230 g/mol. The van der Waals surface area contributed by atoms with E-state index in [1.54, 1.807) is 6.20 Å². The van der Waals surface area contributed by atoms with Crippen molar-refractivity contribution in [3.8, 4) is 11.1 Å². The lowest BCUT2D eigenvalue weighted by atomic mass is 10.1. The van der Waals surface area contributed by atoms with Gasteiger partial charge in [0.05, 0.1) is 0 Å². The maximum atomic E-state index is 5.85. The van der Waals surface area contributed by atoms with Gasteiger partial charge in [0.2, 0.25) is 5.78 Å². The van der Waals surface area contributed by atoms with Crippen molar-refractivity contribution in [2.75, 3.05) is 0 Å². The van der Waals surface area contributed by atoms with Gasteiger partial charge >= 0.3 is 0 Å². The van der Waals surface area contributed by atoms with Gasteiger partial charge in [-0.25, -0.2) is 9.97 Å². The maximum Gasteiger partial charge on any atom is 0.233 e. The minimum atomic E-state index is 0.706. The predicted octanol–water partition coefficient (Wildman–Crippen LogP) is 3.05. The number of rotatable bonds is 1. The average Bonchev–Trinajstić information content (AvgIpc) is 2.77. The first-order valence-electron chi connectivity index (χ1n) is 4.87. The van der Waals surface area contributed by atoms with Gasteiger partial charge in [-0.05, 0) is 17.7 Å². The summed E-state index contributed by atoms with van der Waals surface area (Å²) in [7, 11) is 0. The molecule has 0 aliphatic carbocycles. The number of hydrogen-bond donors (Lipinski definition) is 0. The molecular weight excluding hydrogens is 222 g/mol. The molecule has 0 spiro atoms. The molecule has 0 radical (unpaired) electrons. The first-order chi connectivity index (χ1) is 7.83. The molecule has 3 nitrogen and oxygen atoms in total. The molecule has 0 atom stereocenters. The molecule has 0 saturated carbocycles. The highest BCUT2D eigenvalue weighted by Crippen LogP contribution is 2.20. The van der Waals surface area contributed by atoms with Crippen LogP contribution in [0.25, 0.3) is 16.9 Å². The van der Waals surface area contributed by atoms with Gasteiger partial charge in [-0.15, -0.1) is 0 Å². The standard InChI is InChI=1S/C12H8ClN3/c13-11-3-1-9(2-4-11)10-7-15-12-14-5-6-16(12)8-10/h1-8H. The monoisotopic (exact) mass is 229 g/mol. The van der Waals surface area contributed by atoms with Gasteiger partial charge in [-0.1, -0.05) is 23.7 Å². The zero-order valence-electron chi connectivity index (χ0n) is 8.34. The zero-order valence-corrected chi connectivity index (χ0v) is 9.09. The number of benzene rings is 1. The summed E-state index contributed by atoms with van der Waals surface area (Å²) in [6.45, 7) is 0. The lowest BCUT2D eigenvalue weighted by Crippen LogP contribution is -1.89. The van der Waals surface area contributed by atoms with E-state index in [0.717, 1.165) is 16.1 Å². The van der Waals surface area contributed by atoms with Crippen molar-refractivity contribution in [1.29, 1.82) is 0 Å². The highest BCUT2D eigenvalue weighted by atomic mass is 35.5. The van der Waals surface area contributed by atoms with Gasteiger partial charge < -0.3 is 0 Å². The molecule has 1 aromatic carbocycles. The van der Waals surface area contributed by atoms with E-state index in [9.17, 15) is 0 Å². The Balaban J connectivity index is 2.14. The minimum Gasteiger partial charge on any atom is -0.291 e. The zero-order chi connectivity index (χ0) is 11.0. The van der Waals surface area contributed by atoms with Crippen LogP contribution < -0.4 is 0 Å². The molecule has 4 heteroatoms. The number of hydrogen-bond acceptors (Lipinski definition) is 2. The summed E-state index contributed by atoms with van der Waals surface area (Å²) in [6.07, 6.45) is 7.42. The van der Waals surface area contributed by atoms with E-state index in [-0.39, 0.29) is 0 Å². The largest absolute Gasteiger partial charge is 0.291 e. The summed E-state index contributed by atoms with van der Waals surface area (Å²) >= 11 is 5.85.